The molecule has 3 rings (SSSR count). The molecule has 9 nitrogen and oxygen atoms in total. The molecule has 28 heavy (non-hydrogen) atoms. The Kier molecular flexibility index (Phi) is 5.80. The first-order valence-corrected chi connectivity index (χ1v) is 9.03. The predicted molar refractivity (Wildman–Crippen MR) is 102 cm³/mol. The van der Waals surface area contributed by atoms with E-state index in [9.17, 15) is 19.7 Å². The van der Waals surface area contributed by atoms with E-state index in [2.05, 4.69) is 15.5 Å². The second-order valence-corrected chi connectivity index (χ2v) is 6.57. The number of non-ortho nitro benzene ring substituents is 1. The first-order chi connectivity index (χ1) is 13.4. The fourth-order valence-electron chi connectivity index (χ4n) is 2.22. The summed E-state index contributed by atoms with van der Waals surface area (Å²) in [4.78, 5) is 33.5. The Labute approximate surface area is 163 Å². The van der Waals surface area contributed by atoms with Crippen molar-refractivity contribution in [3.8, 4) is 11.5 Å². The smallest absolute Gasteiger partial charge is 0.277 e. The fraction of sp³-hybridized carbons (Fsp3) is 0.111. The van der Waals surface area contributed by atoms with Crippen LogP contribution in [-0.2, 0) is 4.79 Å². The number of thioether (sulfide) groups is 1. The van der Waals surface area contributed by atoms with Gasteiger partial charge in [0, 0.05) is 28.9 Å². The minimum Gasteiger partial charge on any atom is -0.411 e. The summed E-state index contributed by atoms with van der Waals surface area (Å²) in [6.07, 6.45) is 0. The molecule has 0 spiro atoms. The number of nitrogens with one attached hydrogen (secondary N) is 1. The molecule has 1 heterocycles. The normalized spacial score (nSPS) is 10.5. The molecule has 0 bridgehead atoms. The van der Waals surface area contributed by atoms with Crippen LogP contribution in [0.15, 0.2) is 58.2 Å². The Morgan fingerprint density at radius 3 is 2.39 bits per heavy atom. The average Bonchev–Trinajstić information content (AvgIpc) is 3.16. The highest BCUT2D eigenvalue weighted by Gasteiger charge is 2.13. The monoisotopic (exact) mass is 398 g/mol. The molecule has 10 heteroatoms. The highest BCUT2D eigenvalue weighted by atomic mass is 32.2. The second-order valence-electron chi connectivity index (χ2n) is 5.65. The third-order valence-corrected chi connectivity index (χ3v) is 4.45. The van der Waals surface area contributed by atoms with E-state index in [-0.39, 0.29) is 34.2 Å². The summed E-state index contributed by atoms with van der Waals surface area (Å²) in [7, 11) is 0. The number of nitro benzene ring substituents is 1. The van der Waals surface area contributed by atoms with Crippen molar-refractivity contribution < 1.29 is 18.9 Å². The molecule has 0 aliphatic rings. The molecule has 0 unspecified atom stereocenters. The Morgan fingerprint density at radius 1 is 1.11 bits per heavy atom. The SMILES string of the molecule is CC(=O)c1ccc(NC(=O)CSc2nnc(-c3ccc([N+](=O)[O-])cc3)o2)cc1. The number of aromatic nitrogens is 2. The fourth-order valence-corrected chi connectivity index (χ4v) is 2.79. The molecule has 2 aromatic carbocycles. The number of Topliss-reactive ketones (excluding diaryl/α,β-unsaturated/α-hetero) is 1. The van der Waals surface area contributed by atoms with Crippen molar-refractivity contribution in [1.82, 2.24) is 10.2 Å². The number of carbonyl (C=O) groups is 2. The number of rotatable bonds is 7. The first-order valence-electron chi connectivity index (χ1n) is 8.04. The van der Waals surface area contributed by atoms with E-state index in [1.165, 1.54) is 31.2 Å². The van der Waals surface area contributed by atoms with Gasteiger partial charge >= 0.3 is 0 Å². The van der Waals surface area contributed by atoms with E-state index in [0.29, 0.717) is 16.8 Å². The number of benzene rings is 2. The number of hydrogen-bond acceptors (Lipinski definition) is 8. The second kappa shape index (κ2) is 8.44. The minimum atomic E-state index is -0.495. The Bertz CT molecular complexity index is 1020. The number of ketones is 1. The van der Waals surface area contributed by atoms with Crippen molar-refractivity contribution in [2.24, 2.45) is 0 Å². The van der Waals surface area contributed by atoms with Crippen molar-refractivity contribution in [2.75, 3.05) is 11.1 Å². The van der Waals surface area contributed by atoms with Crippen LogP contribution in [0.5, 0.6) is 0 Å². The van der Waals surface area contributed by atoms with Crippen LogP contribution in [0.1, 0.15) is 17.3 Å². The molecule has 0 saturated heterocycles. The maximum absolute atomic E-state index is 12.0. The zero-order valence-corrected chi connectivity index (χ0v) is 15.4. The molecule has 0 radical (unpaired) electrons. The van der Waals surface area contributed by atoms with Crippen LogP contribution < -0.4 is 5.32 Å². The van der Waals surface area contributed by atoms with E-state index >= 15 is 0 Å². The van der Waals surface area contributed by atoms with Crippen LogP contribution in [0, 0.1) is 10.1 Å². The van der Waals surface area contributed by atoms with Crippen LogP contribution >= 0.6 is 11.8 Å². The van der Waals surface area contributed by atoms with Gasteiger partial charge in [0.05, 0.1) is 10.7 Å². The van der Waals surface area contributed by atoms with Gasteiger partial charge in [0.15, 0.2) is 5.78 Å². The summed E-state index contributed by atoms with van der Waals surface area (Å²) < 4.78 is 5.47. The summed E-state index contributed by atoms with van der Waals surface area (Å²) in [6, 6.07) is 12.3. The van der Waals surface area contributed by atoms with Gasteiger partial charge in [-0.05, 0) is 43.3 Å². The molecule has 1 aromatic heterocycles. The number of hydrogen-bond donors (Lipinski definition) is 1. The lowest BCUT2D eigenvalue weighted by atomic mass is 10.1. The number of anilines is 1. The van der Waals surface area contributed by atoms with E-state index < -0.39 is 4.92 Å². The average molecular weight is 398 g/mol. The third-order valence-electron chi connectivity index (χ3n) is 3.63. The van der Waals surface area contributed by atoms with E-state index in [1.807, 2.05) is 0 Å². The molecule has 3 aromatic rings. The van der Waals surface area contributed by atoms with Gasteiger partial charge in [-0.3, -0.25) is 19.7 Å². The van der Waals surface area contributed by atoms with Crippen LogP contribution in [0.25, 0.3) is 11.5 Å². The van der Waals surface area contributed by atoms with Gasteiger partial charge in [-0.1, -0.05) is 11.8 Å². The lowest BCUT2D eigenvalue weighted by Crippen LogP contribution is -2.14. The lowest BCUT2D eigenvalue weighted by Gasteiger charge is -2.04. The first kappa shape index (κ1) is 19.2. The third kappa shape index (κ3) is 4.80. The Morgan fingerprint density at radius 2 is 1.79 bits per heavy atom. The molecule has 0 aliphatic heterocycles. The van der Waals surface area contributed by atoms with Gasteiger partial charge in [-0.2, -0.15) is 0 Å². The molecule has 1 amide bonds. The van der Waals surface area contributed by atoms with Crippen molar-refractivity contribution in [3.05, 3.63) is 64.2 Å². The number of nitrogens with zero attached hydrogens (tertiary/aromatic N) is 3. The van der Waals surface area contributed by atoms with Crippen molar-refractivity contribution in [3.63, 3.8) is 0 Å². The highest BCUT2D eigenvalue weighted by Crippen LogP contribution is 2.25. The maximum atomic E-state index is 12.0. The number of amides is 1. The van der Waals surface area contributed by atoms with Gasteiger partial charge in [0.25, 0.3) is 10.9 Å². The van der Waals surface area contributed by atoms with E-state index in [4.69, 9.17) is 4.42 Å². The quantitative estimate of drug-likeness (QED) is 0.277. The topological polar surface area (TPSA) is 128 Å². The largest absolute Gasteiger partial charge is 0.411 e. The van der Waals surface area contributed by atoms with Crippen molar-refractivity contribution in [1.29, 1.82) is 0 Å². The number of carbonyl (C=O) groups excluding carboxylic acids is 2. The van der Waals surface area contributed by atoms with Crippen LogP contribution in [0.2, 0.25) is 0 Å². The van der Waals surface area contributed by atoms with Gasteiger partial charge in [0.2, 0.25) is 11.8 Å². The number of nitro groups is 1. The van der Waals surface area contributed by atoms with Crippen molar-refractivity contribution in [2.45, 2.75) is 12.1 Å². The zero-order valence-electron chi connectivity index (χ0n) is 14.6. The Balaban J connectivity index is 1.55. The molecular formula is C18H14N4O5S. The predicted octanol–water partition coefficient (Wildman–Crippen LogP) is 3.58. The zero-order chi connectivity index (χ0) is 20.1. The van der Waals surface area contributed by atoms with Gasteiger partial charge in [-0.25, -0.2) is 0 Å². The molecular weight excluding hydrogens is 384 g/mol. The lowest BCUT2D eigenvalue weighted by molar-refractivity contribution is -0.384. The van der Waals surface area contributed by atoms with Gasteiger partial charge in [-0.15, -0.1) is 10.2 Å². The van der Waals surface area contributed by atoms with Crippen molar-refractivity contribution >= 4 is 34.8 Å². The highest BCUT2D eigenvalue weighted by molar-refractivity contribution is 7.99. The summed E-state index contributed by atoms with van der Waals surface area (Å²) >= 11 is 1.06. The molecule has 0 saturated carbocycles. The molecule has 0 atom stereocenters. The Hall–Kier alpha value is -3.53. The van der Waals surface area contributed by atoms with E-state index in [1.54, 1.807) is 24.3 Å². The summed E-state index contributed by atoms with van der Waals surface area (Å²) in [5.41, 5.74) is 1.65. The summed E-state index contributed by atoms with van der Waals surface area (Å²) in [5, 5.41) is 21.3. The molecule has 1 N–H and O–H groups in total. The standard InChI is InChI=1S/C18H14N4O5S/c1-11(23)12-2-6-14(7-3-12)19-16(24)10-28-18-21-20-17(27-18)13-4-8-15(9-5-13)22(25)26/h2-9H,10H2,1H3,(H,19,24). The van der Waals surface area contributed by atoms with Crippen LogP contribution in [-0.4, -0.2) is 32.6 Å². The molecule has 0 fully saturated rings. The summed E-state index contributed by atoms with van der Waals surface area (Å²) in [6.45, 7) is 1.47. The van der Waals surface area contributed by atoms with Gasteiger partial charge in [0.1, 0.15) is 0 Å². The minimum absolute atomic E-state index is 0.0362. The maximum Gasteiger partial charge on any atom is 0.277 e. The van der Waals surface area contributed by atoms with E-state index in [0.717, 1.165) is 11.8 Å². The molecule has 0 aliphatic carbocycles. The summed E-state index contributed by atoms with van der Waals surface area (Å²) in [5.74, 6) is -0.0574. The van der Waals surface area contributed by atoms with Gasteiger partial charge < -0.3 is 9.73 Å². The molecule has 142 valence electrons. The van der Waals surface area contributed by atoms with Crippen LogP contribution in [0.4, 0.5) is 11.4 Å². The van der Waals surface area contributed by atoms with Crippen LogP contribution in [0.3, 0.4) is 0 Å².